The van der Waals surface area contributed by atoms with Crippen LogP contribution in [0.15, 0.2) is 36.5 Å². The van der Waals surface area contributed by atoms with E-state index >= 15 is 0 Å². The lowest BCUT2D eigenvalue weighted by Gasteiger charge is -2.18. The van der Waals surface area contributed by atoms with E-state index in [1.165, 1.54) is 25.7 Å². The van der Waals surface area contributed by atoms with Gasteiger partial charge in [-0.25, -0.2) is 8.78 Å². The number of Topliss-reactive ketones (excluding diaryl/α,β-unsaturated/α-hetero) is 1. The number of carbonyl (C=O) groups excluding carboxylic acids is 1. The summed E-state index contributed by atoms with van der Waals surface area (Å²) in [6.45, 7) is 5.42. The van der Waals surface area contributed by atoms with Gasteiger partial charge >= 0.3 is 0 Å². The first kappa shape index (κ1) is 24.9. The number of anilines is 1. The Labute approximate surface area is 212 Å². The Morgan fingerprint density at radius 2 is 1.92 bits per heavy atom. The first-order valence-electron chi connectivity index (χ1n) is 13.5. The fraction of sp³-hybridized carbons (Fsp3) is 0.533. The second-order valence-corrected chi connectivity index (χ2v) is 11.0. The van der Waals surface area contributed by atoms with Gasteiger partial charge in [0.1, 0.15) is 0 Å². The van der Waals surface area contributed by atoms with Crippen LogP contribution in [0.5, 0.6) is 0 Å². The second kappa shape index (κ2) is 10.3. The molecule has 192 valence electrons. The number of ketones is 1. The molecule has 2 heterocycles. The first-order valence-corrected chi connectivity index (χ1v) is 13.5. The number of alkyl halides is 2. The number of pyridine rings is 1. The van der Waals surface area contributed by atoms with Gasteiger partial charge in [0.05, 0.1) is 22.6 Å². The lowest BCUT2D eigenvalue weighted by atomic mass is 9.87. The van der Waals surface area contributed by atoms with Gasteiger partial charge in [-0.3, -0.25) is 9.78 Å². The van der Waals surface area contributed by atoms with Gasteiger partial charge in [-0.15, -0.1) is 0 Å². The van der Waals surface area contributed by atoms with Crippen LogP contribution < -0.4 is 5.32 Å². The maximum atomic E-state index is 13.1. The summed E-state index contributed by atoms with van der Waals surface area (Å²) in [5.74, 6) is 2.84. The largest absolute Gasteiger partial charge is 0.386 e. The number of carbonyl (C=O) groups is 1. The molecule has 2 fully saturated rings. The quantitative estimate of drug-likeness (QED) is 0.264. The molecule has 0 saturated heterocycles. The second-order valence-electron chi connectivity index (χ2n) is 11.0. The van der Waals surface area contributed by atoms with Gasteiger partial charge in [0, 0.05) is 43.6 Å². The minimum atomic E-state index is -2.37. The number of hydrogen-bond acceptors (Lipinski definition) is 3. The van der Waals surface area contributed by atoms with Crippen molar-refractivity contribution in [2.24, 2.45) is 23.7 Å². The monoisotopic (exact) mass is 493 g/mol. The maximum absolute atomic E-state index is 13.1. The van der Waals surface area contributed by atoms with Crippen molar-refractivity contribution in [1.82, 2.24) is 9.55 Å². The third-order valence-corrected chi connectivity index (χ3v) is 8.32. The van der Waals surface area contributed by atoms with E-state index in [0.717, 1.165) is 46.9 Å². The van der Waals surface area contributed by atoms with Gasteiger partial charge in [-0.1, -0.05) is 26.0 Å². The summed E-state index contributed by atoms with van der Waals surface area (Å²) in [7, 11) is 1.88. The first-order chi connectivity index (χ1) is 17.4. The number of fused-ring (bicyclic) bond motifs is 1. The summed E-state index contributed by atoms with van der Waals surface area (Å²) in [5, 5.41) is 4.34. The molecule has 0 bridgehead atoms. The highest BCUT2D eigenvalue weighted by atomic mass is 19.3. The standard InChI is InChI=1S/C30H37F2N3O/c1-18(19(2)22-8-9-22)4-13-27(36)23-10-12-25(34-16-23)30-29(33-3)24-11-7-21(15-28(31)32)14-26(24)35(30)17-20-5-6-20/h7,10-12,14,16,18-20,22,28,33H,4-6,8-9,13,15,17H2,1-3H3. The van der Waals surface area contributed by atoms with E-state index in [-0.39, 0.29) is 12.2 Å². The van der Waals surface area contributed by atoms with Gasteiger partial charge in [0.25, 0.3) is 0 Å². The van der Waals surface area contributed by atoms with Crippen molar-refractivity contribution in [3.05, 3.63) is 47.7 Å². The predicted molar refractivity (Wildman–Crippen MR) is 142 cm³/mol. The number of aromatic nitrogens is 2. The average Bonchev–Trinajstić information content (AvgIpc) is 3.79. The molecular weight excluding hydrogens is 456 g/mol. The Balaban J connectivity index is 1.42. The van der Waals surface area contributed by atoms with Gasteiger partial charge in [0.2, 0.25) is 6.43 Å². The lowest BCUT2D eigenvalue weighted by molar-refractivity contribution is 0.0969. The molecule has 2 atom stereocenters. The Morgan fingerprint density at radius 1 is 1.14 bits per heavy atom. The zero-order valence-corrected chi connectivity index (χ0v) is 21.6. The third kappa shape index (κ3) is 5.33. The number of hydrogen-bond donors (Lipinski definition) is 1. The molecular formula is C30H37F2N3O. The van der Waals surface area contributed by atoms with Crippen LogP contribution in [0.1, 0.15) is 68.3 Å². The lowest BCUT2D eigenvalue weighted by Crippen LogP contribution is -2.12. The molecule has 2 aromatic heterocycles. The van der Waals surface area contributed by atoms with Gasteiger partial charge in [0.15, 0.2) is 5.78 Å². The normalized spacial score (nSPS) is 17.5. The van der Waals surface area contributed by atoms with Crippen LogP contribution in [0.2, 0.25) is 0 Å². The Kier molecular flexibility index (Phi) is 7.14. The van der Waals surface area contributed by atoms with Crippen LogP contribution in [0.3, 0.4) is 0 Å². The molecule has 4 nitrogen and oxygen atoms in total. The van der Waals surface area contributed by atoms with Crippen molar-refractivity contribution in [2.75, 3.05) is 12.4 Å². The topological polar surface area (TPSA) is 46.9 Å². The number of rotatable bonds is 12. The van der Waals surface area contributed by atoms with Crippen LogP contribution >= 0.6 is 0 Å². The summed E-state index contributed by atoms with van der Waals surface area (Å²) < 4.78 is 28.4. The van der Waals surface area contributed by atoms with Gasteiger partial charge in [-0.2, -0.15) is 0 Å². The molecule has 5 rings (SSSR count). The van der Waals surface area contributed by atoms with Crippen molar-refractivity contribution in [1.29, 1.82) is 0 Å². The van der Waals surface area contributed by atoms with Gasteiger partial charge in [-0.05, 0) is 79.5 Å². The minimum absolute atomic E-state index is 0.146. The molecule has 2 saturated carbocycles. The van der Waals surface area contributed by atoms with Crippen molar-refractivity contribution in [3.8, 4) is 11.4 Å². The fourth-order valence-electron chi connectivity index (χ4n) is 5.52. The summed E-state index contributed by atoms with van der Waals surface area (Å²) in [4.78, 5) is 17.6. The number of benzene rings is 1. The molecule has 0 amide bonds. The minimum Gasteiger partial charge on any atom is -0.386 e. The van der Waals surface area contributed by atoms with Crippen molar-refractivity contribution >= 4 is 22.4 Å². The van der Waals surface area contributed by atoms with Crippen LogP contribution in [-0.4, -0.2) is 28.8 Å². The molecule has 2 aliphatic carbocycles. The van der Waals surface area contributed by atoms with E-state index in [9.17, 15) is 13.6 Å². The molecule has 3 aromatic rings. The highest BCUT2D eigenvalue weighted by Gasteiger charge is 2.31. The zero-order chi connectivity index (χ0) is 25.4. The fourth-order valence-corrected chi connectivity index (χ4v) is 5.52. The van der Waals surface area contributed by atoms with Crippen molar-refractivity contribution in [2.45, 2.75) is 71.8 Å². The van der Waals surface area contributed by atoms with Crippen LogP contribution in [0.25, 0.3) is 22.3 Å². The van der Waals surface area contributed by atoms with Crippen molar-refractivity contribution < 1.29 is 13.6 Å². The Hall–Kier alpha value is -2.76. The molecule has 36 heavy (non-hydrogen) atoms. The van der Waals surface area contributed by atoms with E-state index in [4.69, 9.17) is 4.98 Å². The Morgan fingerprint density at radius 3 is 2.53 bits per heavy atom. The number of halogens is 2. The third-order valence-electron chi connectivity index (χ3n) is 8.32. The van der Waals surface area contributed by atoms with Crippen LogP contribution in [-0.2, 0) is 13.0 Å². The molecule has 2 unspecified atom stereocenters. The number of nitrogens with zero attached hydrogens (tertiary/aromatic N) is 2. The summed E-state index contributed by atoms with van der Waals surface area (Å²) in [6.07, 6.45) is 5.59. The van der Waals surface area contributed by atoms with Crippen molar-refractivity contribution in [3.63, 3.8) is 0 Å². The molecule has 0 aliphatic heterocycles. The molecule has 0 radical (unpaired) electrons. The van der Waals surface area contributed by atoms with Gasteiger partial charge < -0.3 is 9.88 Å². The highest BCUT2D eigenvalue weighted by Crippen LogP contribution is 2.42. The molecule has 0 spiro atoms. The van der Waals surface area contributed by atoms with E-state index in [2.05, 4.69) is 23.7 Å². The van der Waals surface area contributed by atoms with Crippen LogP contribution in [0, 0.1) is 23.7 Å². The van der Waals surface area contributed by atoms with E-state index in [1.807, 2.05) is 31.3 Å². The summed E-state index contributed by atoms with van der Waals surface area (Å²) in [6, 6.07) is 9.45. The van der Waals surface area contributed by atoms with E-state index < -0.39 is 6.43 Å². The highest BCUT2D eigenvalue weighted by molar-refractivity contribution is 6.02. The predicted octanol–water partition coefficient (Wildman–Crippen LogP) is 7.61. The molecule has 2 aliphatic rings. The van der Waals surface area contributed by atoms with Crippen LogP contribution in [0.4, 0.5) is 14.5 Å². The molecule has 1 aromatic carbocycles. The average molecular weight is 494 g/mol. The Bertz CT molecular complexity index is 1230. The maximum Gasteiger partial charge on any atom is 0.242 e. The zero-order valence-electron chi connectivity index (χ0n) is 21.6. The molecule has 1 N–H and O–H groups in total. The molecule has 6 heteroatoms. The van der Waals surface area contributed by atoms with E-state index in [1.54, 1.807) is 12.3 Å². The smallest absolute Gasteiger partial charge is 0.242 e. The summed E-state index contributed by atoms with van der Waals surface area (Å²) in [5.41, 5.74) is 4.95. The SMILES string of the molecule is CNc1c(-c2ccc(C(=O)CCC(C)C(C)C3CC3)cn2)n(CC2CC2)c2cc(CC(F)F)ccc12. The number of nitrogens with one attached hydrogen (secondary N) is 1. The summed E-state index contributed by atoms with van der Waals surface area (Å²) >= 11 is 0. The van der Waals surface area contributed by atoms with E-state index in [0.29, 0.717) is 35.3 Å².